The maximum absolute atomic E-state index is 10.4. The van der Waals surface area contributed by atoms with Gasteiger partial charge in [-0.25, -0.2) is 4.79 Å². The topological polar surface area (TPSA) is 76.0 Å². The highest BCUT2D eigenvalue weighted by Crippen LogP contribution is 2.40. The van der Waals surface area contributed by atoms with Crippen molar-refractivity contribution in [1.29, 1.82) is 0 Å². The third-order valence-electron chi connectivity index (χ3n) is 1.97. The smallest absolute Gasteiger partial charge is 0.370 e. The maximum atomic E-state index is 10.4. The third kappa shape index (κ3) is 1.90. The van der Waals surface area contributed by atoms with Crippen molar-refractivity contribution in [3.63, 3.8) is 0 Å². The fraction of sp³-hybridized carbons (Fsp3) is 0.100. The Morgan fingerprint density at radius 3 is 2.81 bits per heavy atom. The van der Waals surface area contributed by atoms with Crippen LogP contribution < -0.4 is 9.47 Å². The van der Waals surface area contributed by atoms with Crippen LogP contribution in [0.1, 0.15) is 5.56 Å². The zero-order valence-corrected chi connectivity index (χ0v) is 8.69. The number of ether oxygens (including phenoxy) is 2. The Labute approximate surface area is 95.5 Å². The lowest BCUT2D eigenvalue weighted by Gasteiger charge is -2.01. The highest BCUT2D eigenvalue weighted by molar-refractivity contribution is 6.32. The van der Waals surface area contributed by atoms with Gasteiger partial charge in [0.2, 0.25) is 12.6 Å². The van der Waals surface area contributed by atoms with E-state index in [1.165, 1.54) is 12.1 Å². The number of rotatable bonds is 2. The fourth-order valence-corrected chi connectivity index (χ4v) is 1.56. The first-order chi connectivity index (χ1) is 7.58. The lowest BCUT2D eigenvalue weighted by atomic mass is 10.2. The largest absolute Gasteiger partial charge is 0.502 e. The summed E-state index contributed by atoms with van der Waals surface area (Å²) < 4.78 is 10.2. The summed E-state index contributed by atoms with van der Waals surface area (Å²) in [5.41, 5.74) is 0.425. The van der Waals surface area contributed by atoms with E-state index >= 15 is 0 Å². The molecule has 0 saturated carbocycles. The van der Waals surface area contributed by atoms with Gasteiger partial charge in [-0.1, -0.05) is 11.6 Å². The SMILES string of the molecule is O=C(O)C(O)=Cc1cc(Cl)c2c(c1)OCO2. The van der Waals surface area contributed by atoms with Gasteiger partial charge in [-0.15, -0.1) is 0 Å². The Hall–Kier alpha value is -1.88. The normalized spacial score (nSPS) is 13.9. The molecule has 0 atom stereocenters. The van der Waals surface area contributed by atoms with Gasteiger partial charge in [-0.3, -0.25) is 0 Å². The molecule has 84 valence electrons. The quantitative estimate of drug-likeness (QED) is 0.613. The molecule has 0 bridgehead atoms. The van der Waals surface area contributed by atoms with E-state index in [0.29, 0.717) is 22.1 Å². The van der Waals surface area contributed by atoms with Gasteiger partial charge >= 0.3 is 5.97 Å². The molecule has 0 spiro atoms. The van der Waals surface area contributed by atoms with E-state index < -0.39 is 11.7 Å². The molecule has 0 amide bonds. The minimum atomic E-state index is -1.41. The fourth-order valence-electron chi connectivity index (χ4n) is 1.29. The van der Waals surface area contributed by atoms with Gasteiger partial charge in [0, 0.05) is 0 Å². The molecule has 0 aliphatic carbocycles. The summed E-state index contributed by atoms with van der Waals surface area (Å²) in [6.45, 7) is 0.0765. The second kappa shape index (κ2) is 3.94. The third-order valence-corrected chi connectivity index (χ3v) is 2.25. The van der Waals surface area contributed by atoms with Crippen molar-refractivity contribution in [1.82, 2.24) is 0 Å². The molecule has 16 heavy (non-hydrogen) atoms. The number of carboxylic acid groups (broad SMARTS) is 1. The molecule has 0 fully saturated rings. The Morgan fingerprint density at radius 2 is 2.12 bits per heavy atom. The monoisotopic (exact) mass is 242 g/mol. The Balaban J connectivity index is 2.41. The van der Waals surface area contributed by atoms with Gasteiger partial charge in [-0.2, -0.15) is 0 Å². The highest BCUT2D eigenvalue weighted by Gasteiger charge is 2.18. The van der Waals surface area contributed by atoms with Crippen molar-refractivity contribution in [3.8, 4) is 11.5 Å². The second-order valence-electron chi connectivity index (χ2n) is 3.07. The summed E-state index contributed by atoms with van der Waals surface area (Å²) >= 11 is 5.87. The van der Waals surface area contributed by atoms with Crippen LogP contribution in [0.15, 0.2) is 17.9 Å². The minimum absolute atomic E-state index is 0.0765. The van der Waals surface area contributed by atoms with E-state index in [4.69, 9.17) is 31.3 Å². The summed E-state index contributed by atoms with van der Waals surface area (Å²) in [6.07, 6.45) is 1.08. The van der Waals surface area contributed by atoms with Gasteiger partial charge in [-0.05, 0) is 23.8 Å². The van der Waals surface area contributed by atoms with Crippen LogP contribution in [0.25, 0.3) is 6.08 Å². The lowest BCUT2D eigenvalue weighted by Crippen LogP contribution is -1.98. The van der Waals surface area contributed by atoms with Crippen LogP contribution in [0.4, 0.5) is 0 Å². The van der Waals surface area contributed by atoms with Crippen LogP contribution in [-0.2, 0) is 4.79 Å². The number of hydrogen-bond donors (Lipinski definition) is 2. The average molecular weight is 243 g/mol. The number of carbonyl (C=O) groups is 1. The molecule has 0 unspecified atom stereocenters. The Kier molecular flexibility index (Phi) is 2.62. The molecule has 5 nitrogen and oxygen atoms in total. The summed E-state index contributed by atoms with van der Waals surface area (Å²) in [5.74, 6) is -1.32. The average Bonchev–Trinajstić information content (AvgIpc) is 2.65. The minimum Gasteiger partial charge on any atom is -0.502 e. The molecule has 0 radical (unpaired) electrons. The highest BCUT2D eigenvalue weighted by atomic mass is 35.5. The van der Waals surface area contributed by atoms with Crippen molar-refractivity contribution in [2.75, 3.05) is 6.79 Å². The van der Waals surface area contributed by atoms with Crippen LogP contribution in [0.3, 0.4) is 0 Å². The first-order valence-electron chi connectivity index (χ1n) is 4.31. The number of fused-ring (bicyclic) bond motifs is 1. The predicted molar refractivity (Wildman–Crippen MR) is 55.8 cm³/mol. The van der Waals surface area contributed by atoms with Crippen molar-refractivity contribution in [3.05, 3.63) is 28.5 Å². The van der Waals surface area contributed by atoms with Crippen LogP contribution in [0.5, 0.6) is 11.5 Å². The van der Waals surface area contributed by atoms with Crippen LogP contribution in [-0.4, -0.2) is 23.0 Å². The zero-order valence-electron chi connectivity index (χ0n) is 7.94. The summed E-state index contributed by atoms with van der Waals surface area (Å²) in [6, 6.07) is 3.02. The maximum Gasteiger partial charge on any atom is 0.370 e. The van der Waals surface area contributed by atoms with Crippen LogP contribution in [0.2, 0.25) is 5.02 Å². The number of halogens is 1. The molecule has 6 heteroatoms. The number of aliphatic carboxylic acids is 1. The van der Waals surface area contributed by atoms with Gasteiger partial charge in [0.25, 0.3) is 0 Å². The number of carboxylic acids is 1. The van der Waals surface area contributed by atoms with Crippen molar-refractivity contribution in [2.24, 2.45) is 0 Å². The zero-order chi connectivity index (χ0) is 11.7. The predicted octanol–water partition coefficient (Wildman–Crippen LogP) is 2.05. The van der Waals surface area contributed by atoms with E-state index in [1.807, 2.05) is 0 Å². The van der Waals surface area contributed by atoms with Gasteiger partial charge < -0.3 is 19.7 Å². The molecule has 1 aromatic carbocycles. The van der Waals surface area contributed by atoms with E-state index in [-0.39, 0.29) is 6.79 Å². The molecule has 1 aliphatic rings. The number of aliphatic hydroxyl groups excluding tert-OH is 1. The number of benzene rings is 1. The molecule has 1 heterocycles. The lowest BCUT2D eigenvalue weighted by molar-refractivity contribution is -0.135. The van der Waals surface area contributed by atoms with Crippen LogP contribution >= 0.6 is 11.6 Å². The van der Waals surface area contributed by atoms with Crippen LogP contribution in [0, 0.1) is 0 Å². The molecule has 0 saturated heterocycles. The van der Waals surface area contributed by atoms with E-state index in [9.17, 15) is 4.79 Å². The van der Waals surface area contributed by atoms with Gasteiger partial charge in [0.05, 0.1) is 5.02 Å². The Morgan fingerprint density at radius 1 is 1.38 bits per heavy atom. The van der Waals surface area contributed by atoms with E-state index in [1.54, 1.807) is 0 Å². The second-order valence-corrected chi connectivity index (χ2v) is 3.48. The molecule has 1 aliphatic heterocycles. The summed E-state index contributed by atoms with van der Waals surface area (Å²) in [4.78, 5) is 10.4. The van der Waals surface area contributed by atoms with E-state index in [0.717, 1.165) is 6.08 Å². The molecular formula is C10H7ClO5. The number of aliphatic hydroxyl groups is 1. The van der Waals surface area contributed by atoms with Crippen molar-refractivity contribution >= 4 is 23.6 Å². The Bertz CT molecular complexity index is 480. The number of hydrogen-bond acceptors (Lipinski definition) is 4. The van der Waals surface area contributed by atoms with Crippen molar-refractivity contribution < 1.29 is 24.5 Å². The molecule has 2 N–H and O–H groups in total. The standard InChI is InChI=1S/C10H7ClO5/c11-6-1-5(2-7(12)10(13)14)3-8-9(6)16-4-15-8/h1-3,12H,4H2,(H,13,14). The van der Waals surface area contributed by atoms with Gasteiger partial charge in [0.1, 0.15) is 0 Å². The molecule has 0 aromatic heterocycles. The summed E-state index contributed by atoms with van der Waals surface area (Å²) in [7, 11) is 0. The van der Waals surface area contributed by atoms with Crippen molar-refractivity contribution in [2.45, 2.75) is 0 Å². The molecule has 1 aromatic rings. The molecular weight excluding hydrogens is 236 g/mol. The summed E-state index contributed by atoms with van der Waals surface area (Å²) in [5, 5.41) is 17.9. The molecule has 2 rings (SSSR count). The van der Waals surface area contributed by atoms with Gasteiger partial charge in [0.15, 0.2) is 11.5 Å². The first-order valence-corrected chi connectivity index (χ1v) is 4.69. The first kappa shape index (κ1) is 10.6. The van der Waals surface area contributed by atoms with E-state index in [2.05, 4.69) is 0 Å².